The van der Waals surface area contributed by atoms with Crippen LogP contribution in [0.2, 0.25) is 0 Å². The van der Waals surface area contributed by atoms with Gasteiger partial charge in [0.05, 0.1) is 19.1 Å². The first kappa shape index (κ1) is 25.0. The third-order valence-corrected chi connectivity index (χ3v) is 5.89. The highest BCUT2D eigenvalue weighted by atomic mass is 16.6. The second-order valence-corrected chi connectivity index (χ2v) is 8.34. The van der Waals surface area contributed by atoms with E-state index in [-0.39, 0.29) is 11.3 Å². The number of nitrogens with one attached hydrogen (secondary N) is 1. The molecule has 0 saturated heterocycles. The summed E-state index contributed by atoms with van der Waals surface area (Å²) in [5.74, 6) is 1.03. The number of ether oxygens (including phenoxy) is 2. The summed E-state index contributed by atoms with van der Waals surface area (Å²) >= 11 is 0. The van der Waals surface area contributed by atoms with Gasteiger partial charge in [0.1, 0.15) is 5.56 Å². The van der Waals surface area contributed by atoms with E-state index in [1.807, 2.05) is 12.2 Å². The Morgan fingerprint density at radius 3 is 2.47 bits per heavy atom. The van der Waals surface area contributed by atoms with Crippen molar-refractivity contribution >= 4 is 11.6 Å². The highest BCUT2D eigenvalue weighted by molar-refractivity contribution is 5.99. The number of amides is 1. The maximum absolute atomic E-state index is 12.4. The summed E-state index contributed by atoms with van der Waals surface area (Å²) in [5.41, 5.74) is 4.19. The molecule has 0 unspecified atom stereocenters. The van der Waals surface area contributed by atoms with Crippen LogP contribution in [-0.2, 0) is 13.0 Å². The van der Waals surface area contributed by atoms with E-state index >= 15 is 0 Å². The van der Waals surface area contributed by atoms with Crippen LogP contribution in [0, 0.1) is 10.1 Å². The predicted molar refractivity (Wildman–Crippen MR) is 131 cm³/mol. The number of nitrogens with zero attached hydrogens (tertiary/aromatic N) is 2. The molecular formula is C26H31N3O5. The van der Waals surface area contributed by atoms with Gasteiger partial charge in [0.15, 0.2) is 11.5 Å². The van der Waals surface area contributed by atoms with Crippen LogP contribution in [0.5, 0.6) is 11.5 Å². The molecule has 1 heterocycles. The Morgan fingerprint density at radius 2 is 1.79 bits per heavy atom. The number of allylic oxidation sites excluding steroid dienone is 3. The van der Waals surface area contributed by atoms with E-state index in [1.165, 1.54) is 34.9 Å². The van der Waals surface area contributed by atoms with Crippen LogP contribution >= 0.6 is 0 Å². The van der Waals surface area contributed by atoms with E-state index in [9.17, 15) is 14.9 Å². The van der Waals surface area contributed by atoms with Crippen LogP contribution in [0.25, 0.3) is 0 Å². The van der Waals surface area contributed by atoms with Gasteiger partial charge in [-0.3, -0.25) is 19.8 Å². The van der Waals surface area contributed by atoms with E-state index in [0.717, 1.165) is 44.0 Å². The van der Waals surface area contributed by atoms with Crippen LogP contribution in [0.1, 0.15) is 41.8 Å². The molecule has 3 rings (SSSR count). The lowest BCUT2D eigenvalue weighted by atomic mass is 9.98. The van der Waals surface area contributed by atoms with Crippen molar-refractivity contribution in [3.8, 4) is 11.5 Å². The molecule has 8 nitrogen and oxygen atoms in total. The highest BCUT2D eigenvalue weighted by Gasteiger charge is 2.20. The number of hydrogen-bond donors (Lipinski definition) is 1. The van der Waals surface area contributed by atoms with Gasteiger partial charge in [0, 0.05) is 31.4 Å². The van der Waals surface area contributed by atoms with Gasteiger partial charge in [-0.15, -0.1) is 0 Å². The summed E-state index contributed by atoms with van der Waals surface area (Å²) in [6, 6.07) is 10.1. The molecule has 0 radical (unpaired) electrons. The maximum Gasteiger partial charge on any atom is 0.282 e. The second kappa shape index (κ2) is 11.5. The van der Waals surface area contributed by atoms with Gasteiger partial charge in [-0.05, 0) is 62.1 Å². The first-order valence-corrected chi connectivity index (χ1v) is 11.2. The Bertz CT molecular complexity index is 1120. The number of benzene rings is 2. The van der Waals surface area contributed by atoms with Crippen molar-refractivity contribution in [2.24, 2.45) is 0 Å². The normalized spacial score (nSPS) is 14.4. The Balaban J connectivity index is 1.55. The summed E-state index contributed by atoms with van der Waals surface area (Å²) < 4.78 is 10.9. The third kappa shape index (κ3) is 6.23. The van der Waals surface area contributed by atoms with E-state index in [2.05, 4.69) is 29.3 Å². The Hall–Kier alpha value is -3.65. The maximum atomic E-state index is 12.4. The van der Waals surface area contributed by atoms with Gasteiger partial charge in [-0.1, -0.05) is 23.8 Å². The zero-order valence-corrected chi connectivity index (χ0v) is 20.1. The number of nitro groups is 1. The minimum atomic E-state index is -0.552. The number of hydrogen-bond acceptors (Lipinski definition) is 6. The molecule has 1 aliphatic rings. The number of para-hydroxylation sites is 1. The van der Waals surface area contributed by atoms with Crippen LogP contribution in [-0.4, -0.2) is 43.0 Å². The van der Waals surface area contributed by atoms with Crippen LogP contribution in [0.4, 0.5) is 5.69 Å². The van der Waals surface area contributed by atoms with Gasteiger partial charge in [0.2, 0.25) is 0 Å². The Kier molecular flexibility index (Phi) is 8.43. The quantitative estimate of drug-likeness (QED) is 0.329. The molecule has 0 fully saturated rings. The molecule has 0 saturated carbocycles. The van der Waals surface area contributed by atoms with Gasteiger partial charge in [-0.2, -0.15) is 0 Å². The van der Waals surface area contributed by atoms with Crippen LogP contribution in [0.3, 0.4) is 0 Å². The highest BCUT2D eigenvalue weighted by Crippen LogP contribution is 2.33. The molecule has 1 aliphatic heterocycles. The molecule has 1 N–H and O–H groups in total. The van der Waals surface area contributed by atoms with Crippen molar-refractivity contribution in [1.29, 1.82) is 0 Å². The van der Waals surface area contributed by atoms with Crippen molar-refractivity contribution in [3.63, 3.8) is 0 Å². The summed E-state index contributed by atoms with van der Waals surface area (Å²) in [7, 11) is 3.31. The zero-order valence-electron chi connectivity index (χ0n) is 20.1. The summed E-state index contributed by atoms with van der Waals surface area (Å²) in [5, 5.41) is 13.9. The first-order chi connectivity index (χ1) is 16.3. The number of fused-ring (bicyclic) bond motifs is 1. The molecule has 34 heavy (non-hydrogen) atoms. The largest absolute Gasteiger partial charge is 0.493 e. The molecule has 2 aromatic rings. The van der Waals surface area contributed by atoms with E-state index in [1.54, 1.807) is 27.2 Å². The van der Waals surface area contributed by atoms with E-state index in [4.69, 9.17) is 9.47 Å². The number of nitro benzene ring substituents is 1. The molecule has 0 atom stereocenters. The summed E-state index contributed by atoms with van der Waals surface area (Å²) in [4.78, 5) is 25.5. The standard InChI is InChI=1S/C26H31N3O5/c1-18(9-10-19(2)27-26(30)22-7-5-6-8-23(22)29(31)32)11-13-28-14-12-20-15-24(33-3)25(34-4)16-21(20)17-28/h5-10,15-16H,11-14,17H2,1-4H3,(H,27,30)/b18-9+,19-10+. The predicted octanol–water partition coefficient (Wildman–Crippen LogP) is 4.64. The fraction of sp³-hybridized carbons (Fsp3) is 0.346. The molecule has 180 valence electrons. The molecule has 0 aliphatic carbocycles. The van der Waals surface area contributed by atoms with Crippen molar-refractivity contribution in [2.75, 3.05) is 27.3 Å². The third-order valence-electron chi connectivity index (χ3n) is 5.89. The van der Waals surface area contributed by atoms with Gasteiger partial charge < -0.3 is 14.8 Å². The zero-order chi connectivity index (χ0) is 24.7. The van der Waals surface area contributed by atoms with Crippen molar-refractivity contribution in [3.05, 3.63) is 86.6 Å². The molecule has 0 aromatic heterocycles. The van der Waals surface area contributed by atoms with Gasteiger partial charge >= 0.3 is 0 Å². The van der Waals surface area contributed by atoms with E-state index < -0.39 is 10.8 Å². The van der Waals surface area contributed by atoms with Crippen LogP contribution < -0.4 is 14.8 Å². The van der Waals surface area contributed by atoms with Crippen LogP contribution in [0.15, 0.2) is 59.8 Å². The Labute approximate surface area is 200 Å². The lowest BCUT2D eigenvalue weighted by molar-refractivity contribution is -0.385. The second-order valence-electron chi connectivity index (χ2n) is 8.34. The number of rotatable bonds is 9. The SMILES string of the molecule is COc1cc2c(cc1OC)CN(CC/C(C)=C/C=C(\C)NC(=O)c1ccccc1[N+](=O)[O-])CC2. The van der Waals surface area contributed by atoms with Crippen molar-refractivity contribution in [1.82, 2.24) is 10.2 Å². The minimum Gasteiger partial charge on any atom is -0.493 e. The smallest absolute Gasteiger partial charge is 0.282 e. The fourth-order valence-corrected chi connectivity index (χ4v) is 3.93. The first-order valence-electron chi connectivity index (χ1n) is 11.2. The number of carbonyl (C=O) groups excluding carboxylic acids is 1. The average molecular weight is 466 g/mol. The topological polar surface area (TPSA) is 93.9 Å². The molecular weight excluding hydrogens is 434 g/mol. The molecule has 1 amide bonds. The summed E-state index contributed by atoms with van der Waals surface area (Å²) in [6.45, 7) is 6.59. The average Bonchev–Trinajstić information content (AvgIpc) is 2.84. The lowest BCUT2D eigenvalue weighted by Gasteiger charge is -2.29. The van der Waals surface area contributed by atoms with E-state index in [0.29, 0.717) is 5.70 Å². The molecule has 2 aromatic carbocycles. The number of carbonyl (C=O) groups is 1. The fourth-order valence-electron chi connectivity index (χ4n) is 3.93. The minimum absolute atomic E-state index is 0.0422. The Morgan fingerprint density at radius 1 is 1.12 bits per heavy atom. The molecule has 0 bridgehead atoms. The van der Waals surface area contributed by atoms with Gasteiger partial charge in [-0.25, -0.2) is 0 Å². The molecule has 8 heteroatoms. The summed E-state index contributed by atoms with van der Waals surface area (Å²) in [6.07, 6.45) is 5.66. The van der Waals surface area contributed by atoms with Crippen molar-refractivity contribution in [2.45, 2.75) is 33.2 Å². The number of methoxy groups -OCH3 is 2. The monoisotopic (exact) mass is 465 g/mol. The van der Waals surface area contributed by atoms with Gasteiger partial charge in [0.25, 0.3) is 11.6 Å². The lowest BCUT2D eigenvalue weighted by Crippen LogP contribution is -2.31. The van der Waals surface area contributed by atoms with Crippen molar-refractivity contribution < 1.29 is 19.2 Å². The molecule has 0 spiro atoms.